The molecule has 0 heterocycles. The maximum absolute atomic E-state index is 11.3. The lowest BCUT2D eigenvalue weighted by Crippen LogP contribution is -2.07. The number of carbonyl (C=O) groups is 2. The van der Waals surface area contributed by atoms with Crippen LogP contribution >= 0.6 is 0 Å². The van der Waals surface area contributed by atoms with E-state index in [1.807, 2.05) is 0 Å². The van der Waals surface area contributed by atoms with E-state index in [1.165, 1.54) is 19.9 Å². The third-order valence-electron chi connectivity index (χ3n) is 2.76. The molecule has 0 radical (unpaired) electrons. The lowest BCUT2D eigenvalue weighted by molar-refractivity contribution is -0.131. The summed E-state index contributed by atoms with van der Waals surface area (Å²) >= 11 is 0. The van der Waals surface area contributed by atoms with Gasteiger partial charge in [0, 0.05) is 31.0 Å². The van der Waals surface area contributed by atoms with E-state index in [1.54, 1.807) is 18.2 Å². The summed E-state index contributed by atoms with van der Waals surface area (Å²) in [6.07, 6.45) is 0. The second-order valence-electron chi connectivity index (χ2n) is 4.61. The van der Waals surface area contributed by atoms with Gasteiger partial charge in [0.25, 0.3) is 10.1 Å². The molecule has 2 aromatic rings. The van der Waals surface area contributed by atoms with E-state index < -0.39 is 16.1 Å². The maximum atomic E-state index is 11.3. The summed E-state index contributed by atoms with van der Waals surface area (Å²) in [6, 6.07) is 6.95. The number of carbonyl (C=O) groups excluding carboxylic acids is 2. The Morgan fingerprint density at radius 1 is 1.14 bits per heavy atom. The summed E-state index contributed by atoms with van der Waals surface area (Å²) in [5, 5.41) is 3.43. The van der Waals surface area contributed by atoms with Crippen molar-refractivity contribution >= 4 is 38.5 Å². The minimum absolute atomic E-state index is 0.0233. The molecule has 7 nitrogen and oxygen atoms in total. The van der Waals surface area contributed by atoms with Crippen molar-refractivity contribution in [2.24, 2.45) is 0 Å². The summed E-state index contributed by atoms with van der Waals surface area (Å²) in [5.41, 5.74) is 0.466. The zero-order valence-corrected chi connectivity index (χ0v) is 12.6. The minimum atomic E-state index is -4.44. The van der Waals surface area contributed by atoms with Crippen LogP contribution in [0.3, 0.4) is 0 Å². The van der Waals surface area contributed by atoms with Crippen LogP contribution in [-0.2, 0) is 19.7 Å². The van der Waals surface area contributed by atoms with Gasteiger partial charge in [-0.2, -0.15) is 8.42 Å². The molecule has 0 atom stereocenters. The summed E-state index contributed by atoms with van der Waals surface area (Å²) in [5.74, 6) is -0.938. The zero-order chi connectivity index (χ0) is 16.5. The van der Waals surface area contributed by atoms with Crippen LogP contribution < -0.4 is 10.1 Å². The number of rotatable bonds is 3. The highest BCUT2D eigenvalue weighted by molar-refractivity contribution is 7.85. The molecule has 0 aliphatic carbocycles. The van der Waals surface area contributed by atoms with Crippen LogP contribution in [0, 0.1) is 0 Å². The van der Waals surface area contributed by atoms with Gasteiger partial charge < -0.3 is 10.1 Å². The molecule has 0 bridgehead atoms. The number of amides is 1. The Morgan fingerprint density at radius 2 is 1.82 bits per heavy atom. The van der Waals surface area contributed by atoms with Crippen LogP contribution in [0.1, 0.15) is 13.8 Å². The van der Waals surface area contributed by atoms with E-state index >= 15 is 0 Å². The second-order valence-corrected chi connectivity index (χ2v) is 6.03. The third-order valence-corrected chi connectivity index (χ3v) is 3.59. The fourth-order valence-corrected chi connectivity index (χ4v) is 2.50. The van der Waals surface area contributed by atoms with E-state index in [0.717, 1.165) is 6.07 Å². The minimum Gasteiger partial charge on any atom is -0.426 e. The van der Waals surface area contributed by atoms with Gasteiger partial charge >= 0.3 is 5.97 Å². The molecule has 0 saturated heterocycles. The Labute approximate surface area is 126 Å². The van der Waals surface area contributed by atoms with Gasteiger partial charge in [-0.1, -0.05) is 6.07 Å². The van der Waals surface area contributed by atoms with Gasteiger partial charge in [0.15, 0.2) is 0 Å². The zero-order valence-electron chi connectivity index (χ0n) is 11.8. The molecule has 0 aliphatic heterocycles. The van der Waals surface area contributed by atoms with Crippen LogP contribution in [0.2, 0.25) is 0 Å². The first-order valence-electron chi connectivity index (χ1n) is 6.18. The fourth-order valence-electron chi connectivity index (χ4n) is 1.97. The topological polar surface area (TPSA) is 110 Å². The van der Waals surface area contributed by atoms with E-state index in [-0.39, 0.29) is 16.6 Å². The Kier molecular flexibility index (Phi) is 4.16. The van der Waals surface area contributed by atoms with Gasteiger partial charge in [0.2, 0.25) is 5.91 Å². The smallest absolute Gasteiger partial charge is 0.308 e. The molecule has 116 valence electrons. The molecule has 0 saturated carbocycles. The maximum Gasteiger partial charge on any atom is 0.308 e. The summed E-state index contributed by atoms with van der Waals surface area (Å²) in [6.45, 7) is 2.52. The molecule has 0 spiro atoms. The molecule has 8 heteroatoms. The van der Waals surface area contributed by atoms with Crippen molar-refractivity contribution in [3.8, 4) is 5.75 Å². The molecule has 0 unspecified atom stereocenters. The monoisotopic (exact) mass is 323 g/mol. The molecule has 2 N–H and O–H groups in total. The fraction of sp³-hybridized carbons (Fsp3) is 0.143. The van der Waals surface area contributed by atoms with Crippen molar-refractivity contribution in [1.29, 1.82) is 0 Å². The van der Waals surface area contributed by atoms with Crippen LogP contribution in [0.5, 0.6) is 5.75 Å². The number of hydrogen-bond acceptors (Lipinski definition) is 5. The van der Waals surface area contributed by atoms with E-state index in [2.05, 4.69) is 5.32 Å². The van der Waals surface area contributed by atoms with E-state index in [4.69, 9.17) is 9.29 Å². The third kappa shape index (κ3) is 3.60. The lowest BCUT2D eigenvalue weighted by atomic mass is 10.1. The molecule has 1 amide bonds. The van der Waals surface area contributed by atoms with Gasteiger partial charge in [-0.25, -0.2) is 0 Å². The first kappa shape index (κ1) is 15.9. The first-order chi connectivity index (χ1) is 10.2. The van der Waals surface area contributed by atoms with Crippen LogP contribution in [0.4, 0.5) is 5.69 Å². The Balaban J connectivity index is 2.70. The average Bonchev–Trinajstić information content (AvgIpc) is 2.36. The van der Waals surface area contributed by atoms with Gasteiger partial charge in [0.05, 0.1) is 4.90 Å². The molecule has 0 fully saturated rings. The number of anilines is 1. The predicted molar refractivity (Wildman–Crippen MR) is 79.4 cm³/mol. The predicted octanol–water partition coefficient (Wildman–Crippen LogP) is 1.97. The summed E-state index contributed by atoms with van der Waals surface area (Å²) in [7, 11) is -4.44. The number of nitrogens with one attached hydrogen (secondary N) is 1. The molecule has 22 heavy (non-hydrogen) atoms. The van der Waals surface area contributed by atoms with E-state index in [0.29, 0.717) is 16.5 Å². The number of hydrogen-bond donors (Lipinski definition) is 2. The van der Waals surface area contributed by atoms with Crippen LogP contribution in [0.25, 0.3) is 10.8 Å². The highest BCUT2D eigenvalue weighted by Gasteiger charge is 2.16. The molecular formula is C14H13NO6S. The Hall–Kier alpha value is -2.45. The summed E-state index contributed by atoms with van der Waals surface area (Å²) in [4.78, 5) is 21.9. The molecule has 2 rings (SSSR count). The largest absolute Gasteiger partial charge is 0.426 e. The lowest BCUT2D eigenvalue weighted by Gasteiger charge is -2.10. The van der Waals surface area contributed by atoms with Gasteiger partial charge in [0.1, 0.15) is 5.75 Å². The van der Waals surface area contributed by atoms with Crippen molar-refractivity contribution in [3.05, 3.63) is 30.3 Å². The van der Waals surface area contributed by atoms with Gasteiger partial charge in [-0.3, -0.25) is 14.1 Å². The molecular weight excluding hydrogens is 310 g/mol. The normalized spacial score (nSPS) is 11.2. The van der Waals surface area contributed by atoms with Gasteiger partial charge in [-0.05, 0) is 23.6 Å². The Bertz CT molecular complexity index is 872. The molecule has 2 aromatic carbocycles. The highest BCUT2D eigenvalue weighted by Crippen LogP contribution is 2.32. The number of fused-ring (bicyclic) bond motifs is 1. The van der Waals surface area contributed by atoms with E-state index in [9.17, 15) is 18.0 Å². The first-order valence-corrected chi connectivity index (χ1v) is 7.62. The second kappa shape index (κ2) is 5.74. The SMILES string of the molecule is CC(=O)Nc1ccc2cc(S(=O)(=O)O)cc(OC(C)=O)c2c1. The van der Waals surface area contributed by atoms with Crippen molar-refractivity contribution < 1.29 is 27.3 Å². The van der Waals surface area contributed by atoms with Crippen molar-refractivity contribution in [3.63, 3.8) is 0 Å². The van der Waals surface area contributed by atoms with Crippen molar-refractivity contribution in [2.75, 3.05) is 5.32 Å². The number of esters is 1. The van der Waals surface area contributed by atoms with Crippen LogP contribution in [0.15, 0.2) is 35.2 Å². The standard InChI is InChI=1S/C14H13NO6S/c1-8(16)15-11-4-3-10-5-12(22(18,19)20)7-14(13(10)6-11)21-9(2)17/h3-7H,1-2H3,(H,15,16)(H,18,19,20). The van der Waals surface area contributed by atoms with Crippen molar-refractivity contribution in [1.82, 2.24) is 0 Å². The molecule has 0 aromatic heterocycles. The van der Waals surface area contributed by atoms with Crippen LogP contribution in [-0.4, -0.2) is 24.8 Å². The quantitative estimate of drug-likeness (QED) is 0.508. The Morgan fingerprint density at radius 3 is 2.36 bits per heavy atom. The number of benzene rings is 2. The van der Waals surface area contributed by atoms with Gasteiger partial charge in [-0.15, -0.1) is 0 Å². The average molecular weight is 323 g/mol. The van der Waals surface area contributed by atoms with Crippen molar-refractivity contribution in [2.45, 2.75) is 18.7 Å². The number of ether oxygens (including phenoxy) is 1. The highest BCUT2D eigenvalue weighted by atomic mass is 32.2. The molecule has 0 aliphatic rings. The summed E-state index contributed by atoms with van der Waals surface area (Å²) < 4.78 is 36.7.